The molecule has 18 heavy (non-hydrogen) atoms. The molecule has 0 heterocycles. The molecule has 1 heteroatoms. The predicted molar refractivity (Wildman–Crippen MR) is 76.3 cm³/mol. The zero-order chi connectivity index (χ0) is 12.8. The molecule has 0 unspecified atom stereocenters. The molecule has 1 atom stereocenters. The van der Waals surface area contributed by atoms with E-state index in [4.69, 9.17) is 0 Å². The van der Waals surface area contributed by atoms with Crippen LogP contribution in [-0.4, -0.2) is 5.78 Å². The van der Waals surface area contributed by atoms with Gasteiger partial charge in [-0.15, -0.1) is 0 Å². The normalized spacial score (nSPS) is 24.6. The Morgan fingerprint density at radius 3 is 2.67 bits per heavy atom. The van der Waals surface area contributed by atoms with Crippen molar-refractivity contribution in [1.82, 2.24) is 0 Å². The highest BCUT2D eigenvalue weighted by molar-refractivity contribution is 5.88. The van der Waals surface area contributed by atoms with E-state index in [1.54, 1.807) is 0 Å². The summed E-state index contributed by atoms with van der Waals surface area (Å²) in [5, 5.41) is 0. The first-order valence-corrected chi connectivity index (χ1v) is 7.04. The number of hydrogen-bond donors (Lipinski definition) is 0. The second-order valence-corrected chi connectivity index (χ2v) is 5.28. The highest BCUT2D eigenvalue weighted by Crippen LogP contribution is 2.39. The summed E-state index contributed by atoms with van der Waals surface area (Å²) in [5.74, 6) is 0.447. The molecular weight excluding hydrogens is 220 g/mol. The Bertz CT molecular complexity index is 414. The van der Waals surface area contributed by atoms with Crippen molar-refractivity contribution in [3.8, 4) is 0 Å². The van der Waals surface area contributed by atoms with Crippen LogP contribution in [0.25, 0.3) is 6.08 Å². The third kappa shape index (κ3) is 2.90. The van der Waals surface area contributed by atoms with Crippen LogP contribution in [0.15, 0.2) is 36.4 Å². The van der Waals surface area contributed by atoms with Crippen LogP contribution in [0, 0.1) is 5.41 Å². The summed E-state index contributed by atoms with van der Waals surface area (Å²) in [5.41, 5.74) is 1.01. The van der Waals surface area contributed by atoms with Gasteiger partial charge in [0.05, 0.1) is 0 Å². The summed E-state index contributed by atoms with van der Waals surface area (Å²) in [7, 11) is 0. The largest absolute Gasteiger partial charge is 0.299 e. The Hall–Kier alpha value is -1.37. The predicted octanol–water partition coefficient (Wildman–Crippen LogP) is 4.63. The van der Waals surface area contributed by atoms with Crippen molar-refractivity contribution in [2.45, 2.75) is 45.4 Å². The van der Waals surface area contributed by atoms with E-state index in [0.717, 1.165) is 32.1 Å². The second kappa shape index (κ2) is 5.99. The third-order valence-electron chi connectivity index (χ3n) is 3.92. The zero-order valence-electron chi connectivity index (χ0n) is 11.2. The van der Waals surface area contributed by atoms with Crippen LogP contribution in [0.3, 0.4) is 0 Å². The Labute approximate surface area is 110 Å². The second-order valence-electron chi connectivity index (χ2n) is 5.28. The van der Waals surface area contributed by atoms with Gasteiger partial charge in [0.1, 0.15) is 5.78 Å². The van der Waals surface area contributed by atoms with E-state index in [1.165, 1.54) is 12.0 Å². The quantitative estimate of drug-likeness (QED) is 0.752. The summed E-state index contributed by atoms with van der Waals surface area (Å²) < 4.78 is 0. The van der Waals surface area contributed by atoms with Crippen molar-refractivity contribution < 1.29 is 4.79 Å². The van der Waals surface area contributed by atoms with E-state index in [1.807, 2.05) is 18.2 Å². The van der Waals surface area contributed by atoms with Gasteiger partial charge in [-0.2, -0.15) is 0 Å². The molecular formula is C17H22O. The van der Waals surface area contributed by atoms with Crippen LogP contribution in [0.5, 0.6) is 0 Å². The Kier molecular flexibility index (Phi) is 4.35. The Balaban J connectivity index is 2.20. The average Bonchev–Trinajstić information content (AvgIpc) is 2.41. The van der Waals surface area contributed by atoms with Gasteiger partial charge in [-0.05, 0) is 24.8 Å². The molecule has 96 valence electrons. The topological polar surface area (TPSA) is 17.1 Å². The van der Waals surface area contributed by atoms with Crippen molar-refractivity contribution in [3.05, 3.63) is 42.0 Å². The number of allylic oxidation sites excluding steroid dienone is 1. The summed E-state index contributed by atoms with van der Waals surface area (Å²) in [4.78, 5) is 12.3. The van der Waals surface area contributed by atoms with Gasteiger partial charge >= 0.3 is 0 Å². The Morgan fingerprint density at radius 1 is 1.22 bits per heavy atom. The van der Waals surface area contributed by atoms with E-state index < -0.39 is 0 Å². The number of carbonyl (C=O) groups excluding carboxylic acids is 1. The van der Waals surface area contributed by atoms with Crippen LogP contribution >= 0.6 is 0 Å². The highest BCUT2D eigenvalue weighted by atomic mass is 16.1. The van der Waals surface area contributed by atoms with Crippen molar-refractivity contribution in [1.29, 1.82) is 0 Å². The molecule has 0 spiro atoms. The number of rotatable bonds is 4. The molecule has 1 nitrogen and oxygen atoms in total. The van der Waals surface area contributed by atoms with Crippen LogP contribution in [0.4, 0.5) is 0 Å². The summed E-state index contributed by atoms with van der Waals surface area (Å²) in [6.45, 7) is 2.17. The monoisotopic (exact) mass is 242 g/mol. The first-order chi connectivity index (χ1) is 8.77. The van der Waals surface area contributed by atoms with Crippen LogP contribution < -0.4 is 0 Å². The maximum atomic E-state index is 12.3. The summed E-state index contributed by atoms with van der Waals surface area (Å²) in [6.07, 6.45) is 10.4. The molecule has 0 amide bonds. The lowest BCUT2D eigenvalue weighted by Gasteiger charge is -2.32. The van der Waals surface area contributed by atoms with Gasteiger partial charge in [-0.1, -0.05) is 62.2 Å². The van der Waals surface area contributed by atoms with E-state index >= 15 is 0 Å². The van der Waals surface area contributed by atoms with Crippen molar-refractivity contribution in [2.24, 2.45) is 5.41 Å². The number of benzene rings is 1. The lowest BCUT2D eigenvalue weighted by molar-refractivity contribution is -0.128. The highest BCUT2D eigenvalue weighted by Gasteiger charge is 2.36. The molecule has 1 fully saturated rings. The minimum Gasteiger partial charge on any atom is -0.299 e. The van der Waals surface area contributed by atoms with Crippen LogP contribution in [-0.2, 0) is 4.79 Å². The van der Waals surface area contributed by atoms with Gasteiger partial charge in [0.2, 0.25) is 0 Å². The van der Waals surface area contributed by atoms with Gasteiger partial charge in [0.15, 0.2) is 0 Å². The first kappa shape index (κ1) is 13.1. The molecule has 1 saturated carbocycles. The minimum absolute atomic E-state index is 0.178. The van der Waals surface area contributed by atoms with Crippen LogP contribution in [0.1, 0.15) is 51.0 Å². The van der Waals surface area contributed by atoms with Gasteiger partial charge in [0, 0.05) is 11.8 Å². The average molecular weight is 242 g/mol. The molecule has 1 aliphatic rings. The lowest BCUT2D eigenvalue weighted by Crippen LogP contribution is -2.32. The SMILES string of the molecule is CCC[C@@]1(/C=C/c2ccccc2)CCCCC1=O. The zero-order valence-corrected chi connectivity index (χ0v) is 11.2. The third-order valence-corrected chi connectivity index (χ3v) is 3.92. The van der Waals surface area contributed by atoms with Gasteiger partial charge in [0.25, 0.3) is 0 Å². The molecule has 1 aromatic carbocycles. The van der Waals surface area contributed by atoms with E-state index in [2.05, 4.69) is 31.2 Å². The van der Waals surface area contributed by atoms with Crippen LogP contribution in [0.2, 0.25) is 0 Å². The molecule has 0 saturated heterocycles. The molecule has 1 aliphatic carbocycles. The number of carbonyl (C=O) groups is 1. The van der Waals surface area contributed by atoms with Crippen molar-refractivity contribution in [2.75, 3.05) is 0 Å². The minimum atomic E-state index is -0.178. The lowest BCUT2D eigenvalue weighted by atomic mass is 9.70. The standard InChI is InChI=1S/C17H22O/c1-2-12-17(13-7-6-10-16(17)18)14-11-15-8-4-3-5-9-15/h3-5,8-9,11,14H,2,6-7,10,12-13H2,1H3/b14-11+/t17-/m0/s1. The fourth-order valence-electron chi connectivity index (χ4n) is 2.90. The fourth-order valence-corrected chi connectivity index (χ4v) is 2.90. The Morgan fingerprint density at radius 2 is 2.00 bits per heavy atom. The van der Waals surface area contributed by atoms with E-state index in [9.17, 15) is 4.79 Å². The molecule has 0 radical (unpaired) electrons. The molecule has 1 aromatic rings. The molecule has 0 aliphatic heterocycles. The summed E-state index contributed by atoms with van der Waals surface area (Å²) in [6, 6.07) is 10.3. The molecule has 0 N–H and O–H groups in total. The smallest absolute Gasteiger partial charge is 0.142 e. The molecule has 2 rings (SSSR count). The fraction of sp³-hybridized carbons (Fsp3) is 0.471. The molecule has 0 bridgehead atoms. The van der Waals surface area contributed by atoms with Gasteiger partial charge < -0.3 is 0 Å². The number of ketones is 1. The van der Waals surface area contributed by atoms with Crippen molar-refractivity contribution >= 4 is 11.9 Å². The first-order valence-electron chi connectivity index (χ1n) is 7.04. The number of hydrogen-bond acceptors (Lipinski definition) is 1. The maximum Gasteiger partial charge on any atom is 0.142 e. The van der Waals surface area contributed by atoms with E-state index in [0.29, 0.717) is 5.78 Å². The molecule has 0 aromatic heterocycles. The summed E-state index contributed by atoms with van der Waals surface area (Å²) >= 11 is 0. The van der Waals surface area contributed by atoms with Gasteiger partial charge in [-0.3, -0.25) is 4.79 Å². The number of Topliss-reactive ketones (excluding diaryl/α,β-unsaturated/α-hetero) is 1. The van der Waals surface area contributed by atoms with Crippen molar-refractivity contribution in [3.63, 3.8) is 0 Å². The maximum absolute atomic E-state index is 12.3. The van der Waals surface area contributed by atoms with E-state index in [-0.39, 0.29) is 5.41 Å². The van der Waals surface area contributed by atoms with Gasteiger partial charge in [-0.25, -0.2) is 0 Å².